The summed E-state index contributed by atoms with van der Waals surface area (Å²) in [4.78, 5) is 0. The van der Waals surface area contributed by atoms with Crippen LogP contribution in [0.5, 0.6) is 0 Å². The first-order chi connectivity index (χ1) is 8.43. The summed E-state index contributed by atoms with van der Waals surface area (Å²) in [6, 6.07) is 0. The van der Waals surface area contributed by atoms with E-state index in [2.05, 4.69) is 55.5 Å². The minimum absolute atomic E-state index is 1.17. The van der Waals surface area contributed by atoms with Crippen molar-refractivity contribution in [1.82, 2.24) is 0 Å². The largest absolute Gasteiger partial charge is 0.0654 e. The Labute approximate surface area is 105 Å². The van der Waals surface area contributed by atoms with Crippen molar-refractivity contribution in [3.63, 3.8) is 0 Å². The average molecular weight is 226 g/mol. The van der Waals surface area contributed by atoms with Gasteiger partial charge in [0.1, 0.15) is 0 Å². The van der Waals surface area contributed by atoms with Gasteiger partial charge < -0.3 is 0 Å². The molecule has 0 saturated heterocycles. The fourth-order valence-electron chi connectivity index (χ4n) is 1.61. The van der Waals surface area contributed by atoms with E-state index in [4.69, 9.17) is 0 Å². The van der Waals surface area contributed by atoms with Crippen LogP contribution in [0.3, 0.4) is 0 Å². The Kier molecular flexibility index (Phi) is 7.67. The minimum Gasteiger partial charge on any atom is -0.0654 e. The van der Waals surface area contributed by atoms with Crippen molar-refractivity contribution in [3.8, 4) is 0 Å². The molecular weight excluding hydrogens is 204 g/mol. The molecule has 90 valence electrons. The summed E-state index contributed by atoms with van der Waals surface area (Å²) >= 11 is 0. The van der Waals surface area contributed by atoms with Crippen LogP contribution in [-0.2, 0) is 0 Å². The number of rotatable bonds is 4. The van der Waals surface area contributed by atoms with Gasteiger partial charge in [0.15, 0.2) is 0 Å². The van der Waals surface area contributed by atoms with E-state index in [1.807, 2.05) is 18.2 Å². The molecule has 0 heteroatoms. The third kappa shape index (κ3) is 7.35. The second-order valence-corrected chi connectivity index (χ2v) is 4.10. The van der Waals surface area contributed by atoms with Gasteiger partial charge in [-0.05, 0) is 18.4 Å². The van der Waals surface area contributed by atoms with E-state index < -0.39 is 0 Å². The molecule has 0 aromatic carbocycles. The maximum absolute atomic E-state index is 2.24. The second-order valence-electron chi connectivity index (χ2n) is 4.10. The Morgan fingerprint density at radius 1 is 0.706 bits per heavy atom. The Morgan fingerprint density at radius 3 is 1.94 bits per heavy atom. The van der Waals surface area contributed by atoms with E-state index in [0.717, 1.165) is 0 Å². The molecule has 0 aromatic heterocycles. The van der Waals surface area contributed by atoms with Gasteiger partial charge in [-0.25, -0.2) is 0 Å². The first kappa shape index (κ1) is 13.5. The number of hydrogen-bond acceptors (Lipinski definition) is 0. The van der Waals surface area contributed by atoms with Crippen molar-refractivity contribution in [2.24, 2.45) is 0 Å². The zero-order chi connectivity index (χ0) is 12.2. The molecule has 1 aliphatic rings. The van der Waals surface area contributed by atoms with E-state index in [0.29, 0.717) is 0 Å². The smallest absolute Gasteiger partial charge is 0.0279 e. The second kappa shape index (κ2) is 9.65. The molecule has 0 bridgehead atoms. The van der Waals surface area contributed by atoms with E-state index in [-0.39, 0.29) is 0 Å². The predicted octanol–water partition coefficient (Wildman–Crippen LogP) is 5.29. The monoisotopic (exact) mass is 226 g/mol. The summed E-state index contributed by atoms with van der Waals surface area (Å²) in [5.74, 6) is 0. The van der Waals surface area contributed by atoms with Gasteiger partial charge in [-0.1, -0.05) is 86.6 Å². The van der Waals surface area contributed by atoms with Crippen molar-refractivity contribution in [2.45, 2.75) is 32.6 Å². The first-order valence-corrected chi connectivity index (χ1v) is 6.47. The Hall–Kier alpha value is -1.56. The highest BCUT2D eigenvalue weighted by Crippen LogP contribution is 2.11. The third-order valence-electron chi connectivity index (χ3n) is 2.58. The zero-order valence-electron chi connectivity index (χ0n) is 10.7. The van der Waals surface area contributed by atoms with Crippen molar-refractivity contribution >= 4 is 0 Å². The van der Waals surface area contributed by atoms with Gasteiger partial charge in [-0.3, -0.25) is 0 Å². The summed E-state index contributed by atoms with van der Waals surface area (Å²) in [6.07, 6.45) is 28.0. The third-order valence-corrected chi connectivity index (χ3v) is 2.58. The van der Waals surface area contributed by atoms with Crippen LogP contribution in [-0.4, -0.2) is 0 Å². The molecule has 0 radical (unpaired) electrons. The summed E-state index contributed by atoms with van der Waals surface area (Å²) in [6.45, 7) is 2.24. The van der Waals surface area contributed by atoms with Gasteiger partial charge in [0.25, 0.3) is 0 Å². The molecule has 0 saturated carbocycles. The molecule has 0 aromatic rings. The Bertz CT molecular complexity index is 359. The van der Waals surface area contributed by atoms with Gasteiger partial charge in [-0.2, -0.15) is 0 Å². The highest BCUT2D eigenvalue weighted by Gasteiger charge is 1.91. The summed E-state index contributed by atoms with van der Waals surface area (Å²) in [5.41, 5.74) is 1.40. The molecule has 0 unspecified atom stereocenters. The quantitative estimate of drug-likeness (QED) is 0.571. The van der Waals surface area contributed by atoms with Gasteiger partial charge in [-0.15, -0.1) is 0 Å². The van der Waals surface area contributed by atoms with Crippen LogP contribution in [0.4, 0.5) is 0 Å². The predicted molar refractivity (Wildman–Crippen MR) is 77.9 cm³/mol. The molecule has 17 heavy (non-hydrogen) atoms. The fraction of sp³-hybridized carbons (Fsp3) is 0.294. The number of hydrogen-bond donors (Lipinski definition) is 0. The maximum Gasteiger partial charge on any atom is -0.0279 e. The highest BCUT2D eigenvalue weighted by molar-refractivity contribution is 5.29. The van der Waals surface area contributed by atoms with Crippen LogP contribution < -0.4 is 0 Å². The molecular formula is C17H22. The Morgan fingerprint density at radius 2 is 1.29 bits per heavy atom. The highest BCUT2D eigenvalue weighted by atomic mass is 14.0. The molecule has 1 rings (SSSR count). The molecule has 0 N–H and O–H groups in total. The molecule has 0 amide bonds. The molecule has 0 atom stereocenters. The van der Waals surface area contributed by atoms with Crippen LogP contribution in [0.15, 0.2) is 72.4 Å². The molecule has 1 aliphatic carbocycles. The topological polar surface area (TPSA) is 0 Å². The summed E-state index contributed by atoms with van der Waals surface area (Å²) in [7, 11) is 0. The lowest BCUT2D eigenvalue weighted by Gasteiger charge is -2.00. The average Bonchev–Trinajstić information content (AvgIpc) is 2.32. The summed E-state index contributed by atoms with van der Waals surface area (Å²) in [5, 5.41) is 0. The molecule has 0 fully saturated rings. The van der Waals surface area contributed by atoms with Crippen molar-refractivity contribution in [1.29, 1.82) is 0 Å². The van der Waals surface area contributed by atoms with E-state index in [1.54, 1.807) is 0 Å². The van der Waals surface area contributed by atoms with E-state index in [9.17, 15) is 0 Å². The zero-order valence-corrected chi connectivity index (χ0v) is 10.7. The lowest BCUT2D eigenvalue weighted by molar-refractivity contribution is 0.719. The van der Waals surface area contributed by atoms with Crippen LogP contribution >= 0.6 is 0 Å². The standard InChI is InChI=1S/C17H22/c1-2-3-11-14-17-15-12-9-7-5-4-6-8-10-13-16-17/h4-10,12-13,15-16H,2-3,11,14H2,1H3. The van der Waals surface area contributed by atoms with Crippen molar-refractivity contribution in [3.05, 3.63) is 72.4 Å². The SMILES string of the molecule is CCCCCC1=CC=CC=CC=CC=CC=C1. The van der Waals surface area contributed by atoms with Crippen molar-refractivity contribution in [2.75, 3.05) is 0 Å². The lowest BCUT2D eigenvalue weighted by Crippen LogP contribution is -1.80. The van der Waals surface area contributed by atoms with E-state index >= 15 is 0 Å². The molecule has 0 spiro atoms. The molecule has 0 heterocycles. The number of unbranched alkanes of at least 4 members (excludes halogenated alkanes) is 2. The number of allylic oxidation sites excluding steroid dienone is 12. The van der Waals surface area contributed by atoms with Gasteiger partial charge in [0.2, 0.25) is 0 Å². The summed E-state index contributed by atoms with van der Waals surface area (Å²) < 4.78 is 0. The lowest BCUT2D eigenvalue weighted by atomic mass is 10.1. The van der Waals surface area contributed by atoms with Gasteiger partial charge in [0.05, 0.1) is 0 Å². The normalized spacial score (nSPS) is 15.5. The Balaban J connectivity index is 2.64. The van der Waals surface area contributed by atoms with Crippen LogP contribution in [0.2, 0.25) is 0 Å². The molecule has 0 aliphatic heterocycles. The van der Waals surface area contributed by atoms with Crippen LogP contribution in [0.1, 0.15) is 32.6 Å². The molecule has 0 nitrogen and oxygen atoms in total. The minimum atomic E-state index is 1.17. The maximum atomic E-state index is 2.24. The van der Waals surface area contributed by atoms with Crippen LogP contribution in [0.25, 0.3) is 0 Å². The van der Waals surface area contributed by atoms with E-state index in [1.165, 1.54) is 31.3 Å². The van der Waals surface area contributed by atoms with Crippen molar-refractivity contribution < 1.29 is 0 Å². The van der Waals surface area contributed by atoms with Crippen LogP contribution in [0, 0.1) is 0 Å². The van der Waals surface area contributed by atoms with Gasteiger partial charge >= 0.3 is 0 Å². The van der Waals surface area contributed by atoms with Gasteiger partial charge in [0, 0.05) is 0 Å². The first-order valence-electron chi connectivity index (χ1n) is 6.47. The fourth-order valence-corrected chi connectivity index (χ4v) is 1.61.